The minimum Gasteiger partial charge on any atom is -0.405 e. The molecule has 1 aliphatic heterocycles. The minimum absolute atomic E-state index is 0.204. The number of aryl methyl sites for hydroxylation is 1. The van der Waals surface area contributed by atoms with E-state index >= 15 is 0 Å². The largest absolute Gasteiger partial charge is 0.419 e. The van der Waals surface area contributed by atoms with Crippen LogP contribution < -0.4 is 10.7 Å². The third-order valence-corrected chi connectivity index (χ3v) is 6.88. The van der Waals surface area contributed by atoms with E-state index in [2.05, 4.69) is 15.2 Å². The molecular formula is C22H21F2N3O2S. The number of thiophene rings is 1. The number of anilines is 1. The van der Waals surface area contributed by atoms with Crippen LogP contribution in [-0.2, 0) is 13.5 Å². The summed E-state index contributed by atoms with van der Waals surface area (Å²) in [7, 11) is 1.58. The summed E-state index contributed by atoms with van der Waals surface area (Å²) < 4.78 is 35.5. The topological polar surface area (TPSA) is 41.6 Å². The van der Waals surface area contributed by atoms with Gasteiger partial charge in [-0.1, -0.05) is 0 Å². The lowest BCUT2D eigenvalue weighted by molar-refractivity contribution is 0.261. The summed E-state index contributed by atoms with van der Waals surface area (Å²) >= 11 is 1.65. The third-order valence-electron chi connectivity index (χ3n) is 5.87. The Morgan fingerprint density at radius 1 is 1.07 bits per heavy atom. The van der Waals surface area contributed by atoms with E-state index in [1.807, 2.05) is 6.07 Å². The van der Waals surface area contributed by atoms with Crippen LogP contribution in [0, 0.1) is 11.6 Å². The Labute approximate surface area is 175 Å². The molecule has 0 N–H and O–H groups in total. The number of hydrogen-bond acceptors (Lipinski definition) is 5. The Morgan fingerprint density at radius 3 is 2.67 bits per heavy atom. The molecule has 0 atom stereocenters. The standard InChI is InChI=1S/C22H21F2N3O2S/c1-25-18-11-16(24)12-19(21(18)29-22(25)28)27-8-6-26(7-9-27)5-4-14-13-30-20-3-2-15(23)10-17(14)20/h2-3,10-13H,4-9H2,1H3. The van der Waals surface area contributed by atoms with Crippen molar-refractivity contribution in [2.45, 2.75) is 6.42 Å². The first-order valence-electron chi connectivity index (χ1n) is 9.91. The monoisotopic (exact) mass is 429 g/mol. The first-order chi connectivity index (χ1) is 14.5. The first-order valence-corrected chi connectivity index (χ1v) is 10.8. The fraction of sp³-hybridized carbons (Fsp3) is 0.318. The normalized spacial score (nSPS) is 15.5. The molecule has 1 saturated heterocycles. The van der Waals surface area contributed by atoms with Gasteiger partial charge in [-0.25, -0.2) is 13.6 Å². The Bertz CT molecular complexity index is 1290. The van der Waals surface area contributed by atoms with Gasteiger partial charge in [-0.05, 0) is 40.9 Å². The molecule has 0 amide bonds. The van der Waals surface area contributed by atoms with Gasteiger partial charge in [0.1, 0.15) is 11.6 Å². The van der Waals surface area contributed by atoms with Crippen LogP contribution in [0.25, 0.3) is 21.2 Å². The van der Waals surface area contributed by atoms with Crippen LogP contribution in [0.5, 0.6) is 0 Å². The number of hydrogen-bond donors (Lipinski definition) is 0. The molecule has 5 rings (SSSR count). The molecule has 5 nitrogen and oxygen atoms in total. The molecule has 2 aromatic carbocycles. The second kappa shape index (κ2) is 7.52. The Kier molecular flexibility index (Phi) is 4.83. The maximum absolute atomic E-state index is 14.1. The zero-order valence-electron chi connectivity index (χ0n) is 16.5. The van der Waals surface area contributed by atoms with Crippen molar-refractivity contribution >= 4 is 38.2 Å². The average Bonchev–Trinajstić information content (AvgIpc) is 3.27. The average molecular weight is 429 g/mol. The number of piperazine rings is 1. The summed E-state index contributed by atoms with van der Waals surface area (Å²) in [6, 6.07) is 7.71. The number of fused-ring (bicyclic) bond motifs is 2. The van der Waals surface area contributed by atoms with Crippen LogP contribution in [0.4, 0.5) is 14.5 Å². The summed E-state index contributed by atoms with van der Waals surface area (Å²) in [6.45, 7) is 3.97. The lowest BCUT2D eigenvalue weighted by Gasteiger charge is -2.36. The molecule has 0 saturated carbocycles. The highest BCUT2D eigenvalue weighted by molar-refractivity contribution is 7.17. The van der Waals surface area contributed by atoms with Gasteiger partial charge in [0.05, 0.1) is 11.2 Å². The molecule has 4 aromatic rings. The van der Waals surface area contributed by atoms with Gasteiger partial charge in [-0.3, -0.25) is 9.47 Å². The number of aromatic nitrogens is 1. The van der Waals surface area contributed by atoms with Crippen molar-refractivity contribution in [1.29, 1.82) is 0 Å². The van der Waals surface area contributed by atoms with Crippen LogP contribution in [0.3, 0.4) is 0 Å². The van der Waals surface area contributed by atoms with E-state index in [0.29, 0.717) is 16.8 Å². The maximum Gasteiger partial charge on any atom is 0.419 e. The van der Waals surface area contributed by atoms with Crippen molar-refractivity contribution in [3.8, 4) is 0 Å². The van der Waals surface area contributed by atoms with Gasteiger partial charge >= 0.3 is 5.76 Å². The minimum atomic E-state index is -0.491. The SMILES string of the molecule is Cn1c(=O)oc2c(N3CCN(CCc4csc5ccc(F)cc45)CC3)cc(F)cc21. The smallest absolute Gasteiger partial charge is 0.405 e. The molecule has 0 bridgehead atoms. The number of oxazole rings is 1. The van der Waals surface area contributed by atoms with Gasteiger partial charge in [-0.15, -0.1) is 11.3 Å². The van der Waals surface area contributed by atoms with Crippen LogP contribution in [0.1, 0.15) is 5.56 Å². The first kappa shape index (κ1) is 19.3. The molecule has 3 heterocycles. The predicted octanol–water partition coefficient (Wildman–Crippen LogP) is 3.99. The summed E-state index contributed by atoms with van der Waals surface area (Å²) in [5.74, 6) is -1.08. The number of nitrogens with zero attached hydrogens (tertiary/aromatic N) is 3. The van der Waals surface area contributed by atoms with E-state index < -0.39 is 5.76 Å². The molecule has 8 heteroatoms. The van der Waals surface area contributed by atoms with Crippen LogP contribution in [-0.4, -0.2) is 42.2 Å². The van der Waals surface area contributed by atoms with Crippen LogP contribution >= 0.6 is 11.3 Å². The molecule has 2 aromatic heterocycles. The van der Waals surface area contributed by atoms with Crippen molar-refractivity contribution in [3.05, 3.63) is 63.5 Å². The van der Waals surface area contributed by atoms with Gasteiger partial charge < -0.3 is 9.32 Å². The third kappa shape index (κ3) is 3.40. The van der Waals surface area contributed by atoms with Crippen molar-refractivity contribution in [3.63, 3.8) is 0 Å². The predicted molar refractivity (Wildman–Crippen MR) is 116 cm³/mol. The van der Waals surface area contributed by atoms with Crippen LogP contribution in [0.15, 0.2) is 44.9 Å². The summed E-state index contributed by atoms with van der Waals surface area (Å²) in [4.78, 5) is 16.3. The van der Waals surface area contributed by atoms with Crippen molar-refractivity contribution in [1.82, 2.24) is 9.47 Å². The van der Waals surface area contributed by atoms with Crippen molar-refractivity contribution in [2.75, 3.05) is 37.6 Å². The molecule has 1 aliphatic rings. The number of halogens is 2. The van der Waals surface area contributed by atoms with E-state index in [1.165, 1.54) is 28.3 Å². The summed E-state index contributed by atoms with van der Waals surface area (Å²) in [6.07, 6.45) is 0.862. The maximum atomic E-state index is 14.1. The highest BCUT2D eigenvalue weighted by atomic mass is 32.1. The lowest BCUT2D eigenvalue weighted by atomic mass is 10.1. The molecule has 1 fully saturated rings. The fourth-order valence-corrected chi connectivity index (χ4v) is 5.12. The van der Waals surface area contributed by atoms with Crippen molar-refractivity contribution < 1.29 is 13.2 Å². The lowest BCUT2D eigenvalue weighted by Crippen LogP contribution is -2.47. The van der Waals surface area contributed by atoms with E-state index in [4.69, 9.17) is 4.42 Å². The van der Waals surface area contributed by atoms with Gasteiger partial charge in [-0.2, -0.15) is 0 Å². The zero-order chi connectivity index (χ0) is 20.8. The molecule has 156 valence electrons. The van der Waals surface area contributed by atoms with E-state index in [1.54, 1.807) is 24.5 Å². The second-order valence-corrected chi connectivity index (χ2v) is 8.59. The molecule has 0 aliphatic carbocycles. The molecular weight excluding hydrogens is 408 g/mol. The number of benzene rings is 2. The zero-order valence-corrected chi connectivity index (χ0v) is 17.3. The van der Waals surface area contributed by atoms with Crippen molar-refractivity contribution in [2.24, 2.45) is 7.05 Å². The second-order valence-electron chi connectivity index (χ2n) is 7.68. The molecule has 30 heavy (non-hydrogen) atoms. The Balaban J connectivity index is 1.28. The molecule has 0 spiro atoms. The highest BCUT2D eigenvalue weighted by Gasteiger charge is 2.22. The fourth-order valence-electron chi connectivity index (χ4n) is 4.15. The van der Waals surface area contributed by atoms with E-state index in [9.17, 15) is 13.6 Å². The van der Waals surface area contributed by atoms with E-state index in [-0.39, 0.29) is 11.6 Å². The number of rotatable bonds is 4. The van der Waals surface area contributed by atoms with Gasteiger partial charge in [0.15, 0.2) is 5.58 Å². The quantitative estimate of drug-likeness (QED) is 0.492. The van der Waals surface area contributed by atoms with Gasteiger partial charge in [0.2, 0.25) is 0 Å². The molecule has 0 unspecified atom stereocenters. The van der Waals surface area contributed by atoms with Gasteiger partial charge in [0, 0.05) is 56.6 Å². The Morgan fingerprint density at radius 2 is 1.87 bits per heavy atom. The van der Waals surface area contributed by atoms with E-state index in [0.717, 1.165) is 49.2 Å². The Hall–Kier alpha value is -2.71. The van der Waals surface area contributed by atoms with Gasteiger partial charge in [0.25, 0.3) is 0 Å². The van der Waals surface area contributed by atoms with Crippen LogP contribution in [0.2, 0.25) is 0 Å². The highest BCUT2D eigenvalue weighted by Crippen LogP contribution is 2.29. The summed E-state index contributed by atoms with van der Waals surface area (Å²) in [5, 5.41) is 3.11. The summed E-state index contributed by atoms with van der Waals surface area (Å²) in [5.41, 5.74) is 2.70. The molecule has 0 radical (unpaired) electrons.